The summed E-state index contributed by atoms with van der Waals surface area (Å²) in [5.74, 6) is 0.241. The normalized spacial score (nSPS) is 25.2. The van der Waals surface area contributed by atoms with E-state index in [0.29, 0.717) is 18.3 Å². The summed E-state index contributed by atoms with van der Waals surface area (Å²) in [6.07, 6.45) is 4.70. The Labute approximate surface area is 156 Å². The fourth-order valence-corrected chi connectivity index (χ4v) is 5.69. The maximum absolute atomic E-state index is 12.8. The van der Waals surface area contributed by atoms with Gasteiger partial charge < -0.3 is 10.1 Å². The average molecular weight is 375 g/mol. The van der Waals surface area contributed by atoms with Crippen LogP contribution in [0.2, 0.25) is 0 Å². The van der Waals surface area contributed by atoms with E-state index >= 15 is 0 Å². The molecule has 1 fully saturated rings. The summed E-state index contributed by atoms with van der Waals surface area (Å²) in [5.41, 5.74) is 1.15. The highest BCUT2D eigenvalue weighted by Crippen LogP contribution is 2.36. The maximum Gasteiger partial charge on any atom is 0.307 e. The summed E-state index contributed by atoms with van der Waals surface area (Å²) in [6.45, 7) is 5.61. The fraction of sp³-hybridized carbons (Fsp3) is 0.632. The monoisotopic (exact) mass is 375 g/mol. The van der Waals surface area contributed by atoms with Crippen LogP contribution in [-0.4, -0.2) is 39.0 Å². The lowest BCUT2D eigenvalue weighted by Crippen LogP contribution is -2.40. The number of thiophene rings is 1. The van der Waals surface area contributed by atoms with Crippen LogP contribution in [0.15, 0.2) is 4.79 Å². The van der Waals surface area contributed by atoms with Crippen molar-refractivity contribution in [3.05, 3.63) is 26.6 Å². The van der Waals surface area contributed by atoms with Gasteiger partial charge in [-0.15, -0.1) is 11.3 Å². The van der Waals surface area contributed by atoms with Crippen LogP contribution in [0.1, 0.15) is 55.4 Å². The van der Waals surface area contributed by atoms with E-state index in [1.807, 2.05) is 6.92 Å². The number of rotatable bonds is 3. The first-order valence-corrected chi connectivity index (χ1v) is 10.3. The highest BCUT2D eigenvalue weighted by molar-refractivity contribution is 7.18. The van der Waals surface area contributed by atoms with Crippen molar-refractivity contribution in [3.63, 3.8) is 0 Å². The maximum atomic E-state index is 12.8. The van der Waals surface area contributed by atoms with Gasteiger partial charge in [0.1, 0.15) is 10.7 Å². The van der Waals surface area contributed by atoms with Gasteiger partial charge in [0.15, 0.2) is 0 Å². The molecule has 26 heavy (non-hydrogen) atoms. The van der Waals surface area contributed by atoms with Crippen molar-refractivity contribution in [2.24, 2.45) is 11.8 Å². The van der Waals surface area contributed by atoms with E-state index in [-0.39, 0.29) is 17.5 Å². The van der Waals surface area contributed by atoms with Crippen molar-refractivity contribution in [1.29, 1.82) is 0 Å². The molecule has 7 heteroatoms. The molecule has 0 saturated carbocycles. The zero-order valence-corrected chi connectivity index (χ0v) is 16.1. The molecule has 2 aromatic rings. The number of aromatic amines is 1. The number of aliphatic carboxylic acids is 1. The van der Waals surface area contributed by atoms with Crippen molar-refractivity contribution >= 4 is 27.5 Å². The van der Waals surface area contributed by atoms with Gasteiger partial charge in [-0.2, -0.15) is 0 Å². The average Bonchev–Trinajstić information content (AvgIpc) is 2.98. The standard InChI is InChI=1S/C19H25N3O3S/c1-10-5-6-13-14(8-10)26-18-15(13)17(23)20-16(21-18)11(2)22-7-3-4-12(9-22)19(24)25/h10-12H,3-9H2,1-2H3,(H,24,25)(H,20,21,23). The lowest BCUT2D eigenvalue weighted by atomic mass is 9.89. The molecule has 2 aromatic heterocycles. The highest BCUT2D eigenvalue weighted by Gasteiger charge is 2.30. The summed E-state index contributed by atoms with van der Waals surface area (Å²) >= 11 is 1.66. The smallest absolute Gasteiger partial charge is 0.307 e. The Morgan fingerprint density at radius 1 is 1.42 bits per heavy atom. The summed E-state index contributed by atoms with van der Waals surface area (Å²) in [7, 11) is 0. The van der Waals surface area contributed by atoms with Gasteiger partial charge in [-0.1, -0.05) is 6.92 Å². The van der Waals surface area contributed by atoms with Crippen LogP contribution < -0.4 is 5.56 Å². The van der Waals surface area contributed by atoms with E-state index in [4.69, 9.17) is 4.98 Å². The summed E-state index contributed by atoms with van der Waals surface area (Å²) < 4.78 is 0. The number of hydrogen-bond donors (Lipinski definition) is 2. The number of H-pyrrole nitrogens is 1. The number of aryl methyl sites for hydroxylation is 1. The van der Waals surface area contributed by atoms with Gasteiger partial charge in [0, 0.05) is 11.4 Å². The first-order chi connectivity index (χ1) is 12.4. The van der Waals surface area contributed by atoms with Gasteiger partial charge in [0.05, 0.1) is 17.3 Å². The second-order valence-corrected chi connectivity index (χ2v) is 8.92. The van der Waals surface area contributed by atoms with Gasteiger partial charge in [-0.05, 0) is 57.1 Å². The minimum Gasteiger partial charge on any atom is -0.481 e. The molecule has 0 aromatic carbocycles. The molecule has 3 heterocycles. The van der Waals surface area contributed by atoms with Gasteiger partial charge in [-0.3, -0.25) is 14.5 Å². The number of carboxylic acids is 1. The third-order valence-electron chi connectivity index (χ3n) is 5.93. The van der Waals surface area contributed by atoms with Gasteiger partial charge in [-0.25, -0.2) is 4.98 Å². The van der Waals surface area contributed by atoms with Crippen molar-refractivity contribution in [2.45, 2.75) is 52.0 Å². The number of carbonyl (C=O) groups is 1. The number of hydrogen-bond acceptors (Lipinski definition) is 5. The van der Waals surface area contributed by atoms with Crippen LogP contribution in [0.5, 0.6) is 0 Å². The molecule has 0 bridgehead atoms. The molecule has 0 radical (unpaired) electrons. The Morgan fingerprint density at radius 2 is 2.23 bits per heavy atom. The molecule has 4 rings (SSSR count). The Kier molecular flexibility index (Phi) is 4.61. The van der Waals surface area contributed by atoms with Crippen molar-refractivity contribution < 1.29 is 9.90 Å². The van der Waals surface area contributed by atoms with Crippen LogP contribution in [0.25, 0.3) is 10.2 Å². The SMILES string of the molecule is CC1CCc2c(sc3nc(C(C)N4CCCC(C(=O)O)C4)[nH]c(=O)c23)C1. The lowest BCUT2D eigenvalue weighted by molar-refractivity contribution is -0.143. The zero-order valence-electron chi connectivity index (χ0n) is 15.2. The van der Waals surface area contributed by atoms with Crippen LogP contribution >= 0.6 is 11.3 Å². The van der Waals surface area contributed by atoms with Crippen LogP contribution in [0, 0.1) is 11.8 Å². The van der Waals surface area contributed by atoms with Gasteiger partial charge >= 0.3 is 5.97 Å². The quantitative estimate of drug-likeness (QED) is 0.861. The Hall–Kier alpha value is -1.73. The molecule has 2 aliphatic rings. The summed E-state index contributed by atoms with van der Waals surface area (Å²) in [5, 5.41) is 10.1. The highest BCUT2D eigenvalue weighted by atomic mass is 32.1. The third-order valence-corrected chi connectivity index (χ3v) is 7.08. The van der Waals surface area contributed by atoms with Crippen molar-refractivity contribution in [2.75, 3.05) is 13.1 Å². The predicted octanol–water partition coefficient (Wildman–Crippen LogP) is 2.97. The number of carboxylic acid groups (broad SMARTS) is 1. The zero-order chi connectivity index (χ0) is 18.4. The second kappa shape index (κ2) is 6.78. The summed E-state index contributed by atoms with van der Waals surface area (Å²) in [4.78, 5) is 36.1. The minimum atomic E-state index is -0.737. The lowest BCUT2D eigenvalue weighted by Gasteiger charge is -2.34. The molecule has 140 valence electrons. The topological polar surface area (TPSA) is 86.3 Å². The molecular weight excluding hydrogens is 350 g/mol. The third kappa shape index (κ3) is 3.07. The first kappa shape index (κ1) is 17.7. The van der Waals surface area contributed by atoms with Crippen LogP contribution in [0.3, 0.4) is 0 Å². The van der Waals surface area contributed by atoms with Crippen LogP contribution in [0.4, 0.5) is 0 Å². The first-order valence-electron chi connectivity index (χ1n) is 9.45. The molecule has 3 atom stereocenters. The minimum absolute atomic E-state index is 0.0457. The molecule has 1 aliphatic carbocycles. The van der Waals surface area contributed by atoms with E-state index in [1.165, 1.54) is 10.4 Å². The largest absolute Gasteiger partial charge is 0.481 e. The Balaban J connectivity index is 1.67. The van der Waals surface area contributed by atoms with Gasteiger partial charge in [0.2, 0.25) is 0 Å². The fourth-order valence-electron chi connectivity index (χ4n) is 4.30. The molecule has 0 spiro atoms. The Bertz CT molecular complexity index is 903. The number of piperidine rings is 1. The molecule has 1 aliphatic heterocycles. The van der Waals surface area contributed by atoms with Crippen molar-refractivity contribution in [3.8, 4) is 0 Å². The molecule has 6 nitrogen and oxygen atoms in total. The Morgan fingerprint density at radius 3 is 3.00 bits per heavy atom. The number of nitrogens with one attached hydrogen (secondary N) is 1. The van der Waals surface area contributed by atoms with Crippen LogP contribution in [-0.2, 0) is 17.6 Å². The van der Waals surface area contributed by atoms with E-state index in [2.05, 4.69) is 16.8 Å². The number of fused-ring (bicyclic) bond motifs is 3. The molecule has 1 saturated heterocycles. The molecule has 3 unspecified atom stereocenters. The van der Waals surface area contributed by atoms with E-state index in [0.717, 1.165) is 48.9 Å². The number of aromatic nitrogens is 2. The van der Waals surface area contributed by atoms with Gasteiger partial charge in [0.25, 0.3) is 5.56 Å². The van der Waals surface area contributed by atoms with E-state index in [1.54, 1.807) is 11.3 Å². The number of nitrogens with zero attached hydrogens (tertiary/aromatic N) is 2. The second-order valence-electron chi connectivity index (χ2n) is 7.83. The van der Waals surface area contributed by atoms with E-state index in [9.17, 15) is 14.7 Å². The predicted molar refractivity (Wildman–Crippen MR) is 102 cm³/mol. The molecular formula is C19H25N3O3S. The molecule has 2 N–H and O–H groups in total. The van der Waals surface area contributed by atoms with Crippen molar-refractivity contribution in [1.82, 2.24) is 14.9 Å². The summed E-state index contributed by atoms with van der Waals surface area (Å²) in [6, 6.07) is -0.0905. The number of likely N-dealkylation sites (tertiary alicyclic amines) is 1. The molecule has 0 amide bonds. The van der Waals surface area contributed by atoms with E-state index < -0.39 is 5.97 Å².